The first-order valence-corrected chi connectivity index (χ1v) is 7.36. The molecular weight excluding hydrogens is 248 g/mol. The van der Waals surface area contributed by atoms with Crippen LogP contribution in [0.3, 0.4) is 0 Å². The lowest BCUT2D eigenvalue weighted by atomic mass is 10.2. The molecule has 1 aliphatic heterocycles. The van der Waals surface area contributed by atoms with Gasteiger partial charge in [0.15, 0.2) is 0 Å². The highest BCUT2D eigenvalue weighted by Crippen LogP contribution is 2.19. The second-order valence-corrected chi connectivity index (χ2v) is 5.78. The Kier molecular flexibility index (Phi) is 5.07. The molecule has 18 heavy (non-hydrogen) atoms. The summed E-state index contributed by atoms with van der Waals surface area (Å²) < 4.78 is 1.92. The van der Waals surface area contributed by atoms with Gasteiger partial charge in [0.05, 0.1) is 12.3 Å². The van der Waals surface area contributed by atoms with E-state index in [0.717, 1.165) is 31.8 Å². The molecule has 6 heteroatoms. The molecule has 0 bridgehead atoms. The third-order valence-corrected chi connectivity index (χ3v) is 4.47. The van der Waals surface area contributed by atoms with Gasteiger partial charge >= 0.3 is 0 Å². The summed E-state index contributed by atoms with van der Waals surface area (Å²) in [6.45, 7) is 2.66. The number of hydrogen-bond acceptors (Lipinski definition) is 4. The number of nitrogens with zero attached hydrogens (tertiary/aromatic N) is 2. The quantitative estimate of drug-likeness (QED) is 0.817. The van der Waals surface area contributed by atoms with Gasteiger partial charge in [-0.15, -0.1) is 11.8 Å². The third kappa shape index (κ3) is 4.03. The monoisotopic (exact) mass is 268 g/mol. The number of thioether (sulfide) groups is 1. The van der Waals surface area contributed by atoms with Crippen LogP contribution >= 0.6 is 11.8 Å². The molecule has 1 saturated heterocycles. The fourth-order valence-electron chi connectivity index (χ4n) is 1.95. The SMILES string of the molecule is Cn1ccnc1CNC(=O)CSC1CCNCC1. The molecule has 1 aromatic rings. The zero-order chi connectivity index (χ0) is 12.8. The highest BCUT2D eigenvalue weighted by atomic mass is 32.2. The number of amides is 1. The number of carbonyl (C=O) groups is 1. The zero-order valence-electron chi connectivity index (χ0n) is 10.7. The highest BCUT2D eigenvalue weighted by Gasteiger charge is 2.14. The van der Waals surface area contributed by atoms with Crippen LogP contribution in [0.25, 0.3) is 0 Å². The van der Waals surface area contributed by atoms with Crippen LogP contribution < -0.4 is 10.6 Å². The molecule has 0 aliphatic carbocycles. The van der Waals surface area contributed by atoms with Crippen molar-refractivity contribution in [3.05, 3.63) is 18.2 Å². The number of hydrogen-bond donors (Lipinski definition) is 2. The average Bonchev–Trinajstić information content (AvgIpc) is 2.81. The van der Waals surface area contributed by atoms with Crippen molar-refractivity contribution < 1.29 is 4.79 Å². The fourth-order valence-corrected chi connectivity index (χ4v) is 3.01. The summed E-state index contributed by atoms with van der Waals surface area (Å²) in [7, 11) is 1.93. The second kappa shape index (κ2) is 6.80. The van der Waals surface area contributed by atoms with Crippen LogP contribution in [0.15, 0.2) is 12.4 Å². The minimum atomic E-state index is 0.0986. The van der Waals surface area contributed by atoms with Gasteiger partial charge in [-0.2, -0.15) is 0 Å². The molecule has 0 spiro atoms. The Morgan fingerprint density at radius 3 is 3.06 bits per heavy atom. The maximum absolute atomic E-state index is 11.7. The van der Waals surface area contributed by atoms with Gasteiger partial charge < -0.3 is 15.2 Å². The van der Waals surface area contributed by atoms with E-state index < -0.39 is 0 Å². The lowest BCUT2D eigenvalue weighted by molar-refractivity contribution is -0.118. The van der Waals surface area contributed by atoms with Crippen LogP contribution in [0.4, 0.5) is 0 Å². The van der Waals surface area contributed by atoms with Crippen molar-refractivity contribution in [3.63, 3.8) is 0 Å². The van der Waals surface area contributed by atoms with Crippen molar-refractivity contribution in [2.75, 3.05) is 18.8 Å². The first-order valence-electron chi connectivity index (χ1n) is 6.31. The van der Waals surface area contributed by atoms with Gasteiger partial charge in [-0.25, -0.2) is 4.98 Å². The summed E-state index contributed by atoms with van der Waals surface area (Å²) in [6, 6.07) is 0. The van der Waals surface area contributed by atoms with E-state index in [1.807, 2.05) is 17.8 Å². The van der Waals surface area contributed by atoms with Gasteiger partial charge in [0.25, 0.3) is 0 Å². The van der Waals surface area contributed by atoms with Crippen LogP contribution in [-0.4, -0.2) is 39.6 Å². The normalized spacial score (nSPS) is 16.7. The maximum Gasteiger partial charge on any atom is 0.230 e. The van der Waals surface area contributed by atoms with Crippen LogP contribution in [0.1, 0.15) is 18.7 Å². The van der Waals surface area contributed by atoms with E-state index in [0.29, 0.717) is 17.5 Å². The third-order valence-electron chi connectivity index (χ3n) is 3.10. The van der Waals surface area contributed by atoms with Crippen LogP contribution in [-0.2, 0) is 18.4 Å². The smallest absolute Gasteiger partial charge is 0.230 e. The molecule has 100 valence electrons. The van der Waals surface area contributed by atoms with E-state index >= 15 is 0 Å². The molecule has 0 radical (unpaired) electrons. The molecule has 2 N–H and O–H groups in total. The van der Waals surface area contributed by atoms with Crippen molar-refractivity contribution in [1.82, 2.24) is 20.2 Å². The Bertz CT molecular complexity index is 387. The Balaban J connectivity index is 1.64. The molecule has 2 rings (SSSR count). The van der Waals surface area contributed by atoms with Crippen molar-refractivity contribution in [2.45, 2.75) is 24.6 Å². The van der Waals surface area contributed by atoms with Gasteiger partial charge in [0, 0.05) is 24.7 Å². The van der Waals surface area contributed by atoms with Crippen LogP contribution in [0, 0.1) is 0 Å². The molecule has 0 unspecified atom stereocenters. The van der Waals surface area contributed by atoms with E-state index in [4.69, 9.17) is 0 Å². The Labute approximate surface area is 112 Å². The first kappa shape index (κ1) is 13.4. The molecule has 1 fully saturated rings. The van der Waals surface area contributed by atoms with E-state index in [-0.39, 0.29) is 5.91 Å². The lowest BCUT2D eigenvalue weighted by Gasteiger charge is -2.21. The zero-order valence-corrected chi connectivity index (χ0v) is 11.5. The fraction of sp³-hybridized carbons (Fsp3) is 0.667. The summed E-state index contributed by atoms with van der Waals surface area (Å²) >= 11 is 1.77. The summed E-state index contributed by atoms with van der Waals surface area (Å²) in [4.78, 5) is 15.9. The van der Waals surface area contributed by atoms with E-state index in [1.54, 1.807) is 18.0 Å². The minimum Gasteiger partial charge on any atom is -0.348 e. The summed E-state index contributed by atoms with van der Waals surface area (Å²) in [5.74, 6) is 1.53. The predicted octanol–water partition coefficient (Wildman–Crippen LogP) is 0.521. The minimum absolute atomic E-state index is 0.0986. The molecular formula is C12H20N4OS. The highest BCUT2D eigenvalue weighted by molar-refractivity contribution is 8.00. The van der Waals surface area contributed by atoms with Crippen molar-refractivity contribution >= 4 is 17.7 Å². The van der Waals surface area contributed by atoms with E-state index in [2.05, 4.69) is 15.6 Å². The number of nitrogens with one attached hydrogen (secondary N) is 2. The number of rotatable bonds is 5. The summed E-state index contributed by atoms with van der Waals surface area (Å²) in [5, 5.41) is 6.86. The number of carbonyl (C=O) groups excluding carboxylic acids is 1. The Hall–Kier alpha value is -1.01. The van der Waals surface area contributed by atoms with E-state index in [9.17, 15) is 4.79 Å². The van der Waals surface area contributed by atoms with Crippen molar-refractivity contribution in [2.24, 2.45) is 7.05 Å². The topological polar surface area (TPSA) is 59.0 Å². The molecule has 1 aromatic heterocycles. The van der Waals surface area contributed by atoms with Gasteiger partial charge in [-0.3, -0.25) is 4.79 Å². The summed E-state index contributed by atoms with van der Waals surface area (Å²) in [6.07, 6.45) is 5.95. The lowest BCUT2D eigenvalue weighted by Crippen LogP contribution is -2.31. The Morgan fingerprint density at radius 1 is 1.61 bits per heavy atom. The number of piperidine rings is 1. The van der Waals surface area contributed by atoms with Crippen LogP contribution in [0.2, 0.25) is 0 Å². The molecule has 1 aliphatic rings. The molecule has 5 nitrogen and oxygen atoms in total. The maximum atomic E-state index is 11.7. The summed E-state index contributed by atoms with van der Waals surface area (Å²) in [5.41, 5.74) is 0. The van der Waals surface area contributed by atoms with E-state index in [1.165, 1.54) is 0 Å². The Morgan fingerprint density at radius 2 is 2.39 bits per heavy atom. The van der Waals surface area contributed by atoms with Gasteiger partial charge in [-0.05, 0) is 25.9 Å². The number of aryl methyl sites for hydroxylation is 1. The molecule has 0 aromatic carbocycles. The standard InChI is InChI=1S/C12H20N4OS/c1-16-7-6-14-11(16)8-15-12(17)9-18-10-2-4-13-5-3-10/h6-7,10,13H,2-5,8-9H2,1H3,(H,15,17). The van der Waals surface area contributed by atoms with Gasteiger partial charge in [0.2, 0.25) is 5.91 Å². The predicted molar refractivity (Wildman–Crippen MR) is 73.4 cm³/mol. The molecule has 0 saturated carbocycles. The van der Waals surface area contributed by atoms with Gasteiger partial charge in [0.1, 0.15) is 5.82 Å². The van der Waals surface area contributed by atoms with Crippen LogP contribution in [0.5, 0.6) is 0 Å². The van der Waals surface area contributed by atoms with Gasteiger partial charge in [-0.1, -0.05) is 0 Å². The first-order chi connectivity index (χ1) is 8.75. The molecule has 0 atom stereocenters. The molecule has 2 heterocycles. The number of aromatic nitrogens is 2. The second-order valence-electron chi connectivity index (χ2n) is 4.49. The average molecular weight is 268 g/mol. The van der Waals surface area contributed by atoms with Crippen molar-refractivity contribution in [3.8, 4) is 0 Å². The van der Waals surface area contributed by atoms with Crippen molar-refractivity contribution in [1.29, 1.82) is 0 Å². The molecule has 1 amide bonds. The largest absolute Gasteiger partial charge is 0.348 e. The number of imidazole rings is 1.